The van der Waals surface area contributed by atoms with Gasteiger partial charge in [0.25, 0.3) is 0 Å². The van der Waals surface area contributed by atoms with Crippen LogP contribution in [-0.4, -0.2) is 11.0 Å². The molecule has 92 valence electrons. The maximum Gasteiger partial charge on any atom is 0.185 e. The molecule has 5 heteroatoms. The van der Waals surface area contributed by atoms with Gasteiger partial charge in [0.1, 0.15) is 10.9 Å². The molecule has 1 unspecified atom stereocenters. The smallest absolute Gasteiger partial charge is 0.185 e. The number of nitrogens with zero attached hydrogens (tertiary/aromatic N) is 2. The maximum atomic E-state index is 8.83. The minimum Gasteiger partial charge on any atom is -0.359 e. The van der Waals surface area contributed by atoms with Crippen molar-refractivity contribution in [3.05, 3.63) is 10.0 Å². The van der Waals surface area contributed by atoms with Crippen molar-refractivity contribution in [3.8, 4) is 6.07 Å². The van der Waals surface area contributed by atoms with Crippen LogP contribution in [0.2, 0.25) is 5.15 Å². The van der Waals surface area contributed by atoms with E-state index in [4.69, 9.17) is 16.9 Å². The van der Waals surface area contributed by atoms with Gasteiger partial charge in [-0.15, -0.1) is 0 Å². The van der Waals surface area contributed by atoms with E-state index in [9.17, 15) is 0 Å². The summed E-state index contributed by atoms with van der Waals surface area (Å²) >= 11 is 7.19. The molecule has 0 radical (unpaired) electrons. The SMILES string of the molecule is CC1(C)CCCC(Nc2nc(Cl)c(C#N)s2)C1. The summed E-state index contributed by atoms with van der Waals surface area (Å²) in [6.45, 7) is 4.60. The molecule has 0 spiro atoms. The van der Waals surface area contributed by atoms with E-state index in [1.54, 1.807) is 0 Å². The first kappa shape index (κ1) is 12.7. The number of nitrogens with one attached hydrogen (secondary N) is 1. The average molecular weight is 270 g/mol. The Bertz CT molecular complexity index is 447. The topological polar surface area (TPSA) is 48.7 Å². The van der Waals surface area contributed by atoms with Crippen molar-refractivity contribution in [2.24, 2.45) is 5.41 Å². The van der Waals surface area contributed by atoms with E-state index in [0.717, 1.165) is 11.6 Å². The highest BCUT2D eigenvalue weighted by atomic mass is 35.5. The number of thiazole rings is 1. The molecule has 1 aromatic heterocycles. The van der Waals surface area contributed by atoms with Crippen molar-refractivity contribution in [1.29, 1.82) is 5.26 Å². The van der Waals surface area contributed by atoms with Crippen LogP contribution in [0.1, 0.15) is 44.4 Å². The minimum atomic E-state index is 0.315. The van der Waals surface area contributed by atoms with E-state index in [2.05, 4.69) is 30.2 Å². The Morgan fingerprint density at radius 2 is 2.35 bits per heavy atom. The van der Waals surface area contributed by atoms with Gasteiger partial charge >= 0.3 is 0 Å². The van der Waals surface area contributed by atoms with Crippen molar-refractivity contribution in [1.82, 2.24) is 4.98 Å². The highest BCUT2D eigenvalue weighted by molar-refractivity contribution is 7.16. The van der Waals surface area contributed by atoms with Gasteiger partial charge in [0.15, 0.2) is 10.3 Å². The standard InChI is InChI=1S/C12H16ClN3S/c1-12(2)5-3-4-8(6-12)15-11-16-10(13)9(7-14)17-11/h8H,3-6H2,1-2H3,(H,15,16). The number of halogens is 1. The fraction of sp³-hybridized carbons (Fsp3) is 0.667. The predicted octanol–water partition coefficient (Wildman–Crippen LogP) is 4.05. The summed E-state index contributed by atoms with van der Waals surface area (Å²) in [6, 6.07) is 2.50. The van der Waals surface area contributed by atoms with Gasteiger partial charge in [-0.3, -0.25) is 0 Å². The van der Waals surface area contributed by atoms with E-state index in [-0.39, 0.29) is 0 Å². The van der Waals surface area contributed by atoms with E-state index in [1.807, 2.05) is 0 Å². The third-order valence-electron chi connectivity index (χ3n) is 3.22. The van der Waals surface area contributed by atoms with Crippen LogP contribution in [0.4, 0.5) is 5.13 Å². The summed E-state index contributed by atoms with van der Waals surface area (Å²) in [5.41, 5.74) is 0.398. The molecule has 1 heterocycles. The highest BCUT2D eigenvalue weighted by Crippen LogP contribution is 2.37. The van der Waals surface area contributed by atoms with Crippen molar-refractivity contribution < 1.29 is 0 Å². The zero-order valence-electron chi connectivity index (χ0n) is 10.1. The lowest BCUT2D eigenvalue weighted by atomic mass is 9.75. The largest absolute Gasteiger partial charge is 0.359 e. The Morgan fingerprint density at radius 3 is 2.94 bits per heavy atom. The Hall–Kier alpha value is -0.790. The monoisotopic (exact) mass is 269 g/mol. The number of aromatic nitrogens is 1. The Morgan fingerprint density at radius 1 is 1.59 bits per heavy atom. The maximum absolute atomic E-state index is 8.83. The molecule has 0 saturated heterocycles. The highest BCUT2D eigenvalue weighted by Gasteiger charge is 2.28. The van der Waals surface area contributed by atoms with Crippen molar-refractivity contribution >= 4 is 28.1 Å². The summed E-state index contributed by atoms with van der Waals surface area (Å²) in [4.78, 5) is 4.66. The van der Waals surface area contributed by atoms with E-state index in [1.165, 1.54) is 30.6 Å². The molecule has 17 heavy (non-hydrogen) atoms. The molecule has 0 bridgehead atoms. The van der Waals surface area contributed by atoms with Crippen LogP contribution in [0.25, 0.3) is 0 Å². The van der Waals surface area contributed by atoms with Gasteiger partial charge in [0.2, 0.25) is 0 Å². The number of anilines is 1. The zero-order valence-corrected chi connectivity index (χ0v) is 11.7. The number of nitriles is 1. The summed E-state index contributed by atoms with van der Waals surface area (Å²) < 4.78 is 0. The molecule has 1 saturated carbocycles. The third-order valence-corrected chi connectivity index (χ3v) is 4.50. The molecule has 1 atom stereocenters. The van der Waals surface area contributed by atoms with Gasteiger partial charge in [-0.05, 0) is 24.7 Å². The van der Waals surface area contributed by atoms with Gasteiger partial charge in [0, 0.05) is 6.04 Å². The lowest BCUT2D eigenvalue weighted by molar-refractivity contribution is 0.229. The van der Waals surface area contributed by atoms with Crippen molar-refractivity contribution in [2.75, 3.05) is 5.32 Å². The van der Waals surface area contributed by atoms with Crippen molar-refractivity contribution in [3.63, 3.8) is 0 Å². The van der Waals surface area contributed by atoms with Gasteiger partial charge < -0.3 is 5.32 Å². The lowest BCUT2D eigenvalue weighted by Crippen LogP contribution is -2.31. The van der Waals surface area contributed by atoms with Crippen LogP contribution >= 0.6 is 22.9 Å². The molecule has 0 amide bonds. The van der Waals surface area contributed by atoms with Crippen LogP contribution in [0.3, 0.4) is 0 Å². The zero-order chi connectivity index (χ0) is 12.5. The van der Waals surface area contributed by atoms with Crippen LogP contribution < -0.4 is 5.32 Å². The quantitative estimate of drug-likeness (QED) is 0.881. The molecular weight excluding hydrogens is 254 g/mol. The predicted molar refractivity (Wildman–Crippen MR) is 71.5 cm³/mol. The molecule has 3 nitrogen and oxygen atoms in total. The third kappa shape index (κ3) is 3.11. The molecule has 1 aliphatic carbocycles. The molecule has 0 aliphatic heterocycles. The number of rotatable bonds is 2. The second kappa shape index (κ2) is 4.83. The van der Waals surface area contributed by atoms with Crippen LogP contribution in [0.5, 0.6) is 0 Å². The normalized spacial score (nSPS) is 23.1. The Kier molecular flexibility index (Phi) is 3.60. The summed E-state index contributed by atoms with van der Waals surface area (Å²) in [5, 5.41) is 13.3. The summed E-state index contributed by atoms with van der Waals surface area (Å²) in [6.07, 6.45) is 4.84. The second-order valence-electron chi connectivity index (χ2n) is 5.35. The average Bonchev–Trinajstić information content (AvgIpc) is 2.57. The molecule has 2 rings (SSSR count). The molecule has 1 aromatic rings. The first-order valence-corrected chi connectivity index (χ1v) is 7.02. The summed E-state index contributed by atoms with van der Waals surface area (Å²) in [7, 11) is 0. The fourth-order valence-electron chi connectivity index (χ4n) is 2.43. The minimum absolute atomic E-state index is 0.315. The molecule has 1 aliphatic rings. The molecule has 1 fully saturated rings. The van der Waals surface area contributed by atoms with Gasteiger partial charge in [-0.25, -0.2) is 4.98 Å². The number of hydrogen-bond donors (Lipinski definition) is 1. The second-order valence-corrected chi connectivity index (χ2v) is 6.71. The van der Waals surface area contributed by atoms with Gasteiger partial charge in [-0.2, -0.15) is 5.26 Å². The van der Waals surface area contributed by atoms with Crippen molar-refractivity contribution in [2.45, 2.75) is 45.6 Å². The van der Waals surface area contributed by atoms with E-state index in [0.29, 0.717) is 21.5 Å². The van der Waals surface area contributed by atoms with Gasteiger partial charge in [-0.1, -0.05) is 43.2 Å². The molecular formula is C12H16ClN3S. The van der Waals surface area contributed by atoms with Crippen LogP contribution in [-0.2, 0) is 0 Å². The van der Waals surface area contributed by atoms with Gasteiger partial charge in [0.05, 0.1) is 0 Å². The lowest BCUT2D eigenvalue weighted by Gasteiger charge is -2.35. The summed E-state index contributed by atoms with van der Waals surface area (Å²) in [5.74, 6) is 0. The van der Waals surface area contributed by atoms with E-state index >= 15 is 0 Å². The van der Waals surface area contributed by atoms with Crippen LogP contribution in [0, 0.1) is 16.7 Å². The fourth-order valence-corrected chi connectivity index (χ4v) is 3.45. The number of hydrogen-bond acceptors (Lipinski definition) is 4. The van der Waals surface area contributed by atoms with Crippen LogP contribution in [0.15, 0.2) is 0 Å². The molecule has 1 N–H and O–H groups in total. The first-order valence-electron chi connectivity index (χ1n) is 5.83. The van der Waals surface area contributed by atoms with E-state index < -0.39 is 0 Å². The molecule has 0 aromatic carbocycles. The first-order chi connectivity index (χ1) is 8.00. The Balaban J connectivity index is 2.03. The Labute approximate surface area is 111 Å².